The molecular formula is C14H22N2O. The monoisotopic (exact) mass is 234 g/mol. The topological polar surface area (TPSA) is 28.4 Å². The van der Waals surface area contributed by atoms with Crippen molar-refractivity contribution in [1.29, 1.82) is 0 Å². The maximum atomic E-state index is 5.78. The molecule has 1 aromatic heterocycles. The SMILES string of the molecule is C=C(C)CN(C)Cc1ccc(CNC2CC2)o1. The van der Waals surface area contributed by atoms with Gasteiger partial charge < -0.3 is 9.73 Å². The highest BCUT2D eigenvalue weighted by molar-refractivity contribution is 5.08. The summed E-state index contributed by atoms with van der Waals surface area (Å²) in [7, 11) is 2.08. The molecule has 1 aliphatic rings. The smallest absolute Gasteiger partial charge is 0.118 e. The van der Waals surface area contributed by atoms with E-state index in [-0.39, 0.29) is 0 Å². The Morgan fingerprint density at radius 2 is 2.18 bits per heavy atom. The number of hydrogen-bond acceptors (Lipinski definition) is 3. The largest absolute Gasteiger partial charge is 0.463 e. The van der Waals surface area contributed by atoms with Crippen LogP contribution in [0.3, 0.4) is 0 Å². The number of nitrogens with zero attached hydrogens (tertiary/aromatic N) is 1. The molecule has 1 heterocycles. The first-order valence-electron chi connectivity index (χ1n) is 6.27. The summed E-state index contributed by atoms with van der Waals surface area (Å²) >= 11 is 0. The summed E-state index contributed by atoms with van der Waals surface area (Å²) in [5, 5.41) is 3.45. The van der Waals surface area contributed by atoms with Crippen molar-refractivity contribution in [2.45, 2.75) is 38.9 Å². The molecule has 1 aromatic rings. The van der Waals surface area contributed by atoms with Gasteiger partial charge in [-0.15, -0.1) is 0 Å². The molecule has 0 aromatic carbocycles. The first-order valence-corrected chi connectivity index (χ1v) is 6.27. The lowest BCUT2D eigenvalue weighted by molar-refractivity contribution is 0.309. The van der Waals surface area contributed by atoms with Gasteiger partial charge >= 0.3 is 0 Å². The van der Waals surface area contributed by atoms with Crippen LogP contribution in [0.5, 0.6) is 0 Å². The van der Waals surface area contributed by atoms with Crippen molar-refractivity contribution < 1.29 is 4.42 Å². The molecule has 0 radical (unpaired) electrons. The van der Waals surface area contributed by atoms with Crippen LogP contribution in [0.2, 0.25) is 0 Å². The molecule has 0 spiro atoms. The highest BCUT2D eigenvalue weighted by Crippen LogP contribution is 2.19. The van der Waals surface area contributed by atoms with Gasteiger partial charge in [0.2, 0.25) is 0 Å². The third kappa shape index (κ3) is 4.36. The number of likely N-dealkylation sites (N-methyl/N-ethyl adjacent to an activating group) is 1. The van der Waals surface area contributed by atoms with Gasteiger partial charge in [-0.25, -0.2) is 0 Å². The quantitative estimate of drug-likeness (QED) is 0.735. The lowest BCUT2D eigenvalue weighted by atomic mass is 10.3. The number of furan rings is 1. The van der Waals surface area contributed by atoms with Crippen molar-refractivity contribution in [3.05, 3.63) is 35.8 Å². The molecule has 2 rings (SSSR count). The summed E-state index contributed by atoms with van der Waals surface area (Å²) in [6.07, 6.45) is 2.63. The second kappa shape index (κ2) is 5.52. The number of nitrogens with one attached hydrogen (secondary N) is 1. The summed E-state index contributed by atoms with van der Waals surface area (Å²) < 4.78 is 5.78. The molecule has 1 aliphatic carbocycles. The lowest BCUT2D eigenvalue weighted by Gasteiger charge is -2.14. The van der Waals surface area contributed by atoms with Crippen molar-refractivity contribution in [3.63, 3.8) is 0 Å². The first kappa shape index (κ1) is 12.4. The molecule has 1 fully saturated rings. The highest BCUT2D eigenvalue weighted by Gasteiger charge is 2.20. The molecule has 0 bridgehead atoms. The molecule has 94 valence electrons. The molecule has 1 N–H and O–H groups in total. The Morgan fingerprint density at radius 3 is 2.82 bits per heavy atom. The van der Waals surface area contributed by atoms with Crippen molar-refractivity contribution in [3.8, 4) is 0 Å². The maximum Gasteiger partial charge on any atom is 0.118 e. The van der Waals surface area contributed by atoms with E-state index in [1.54, 1.807) is 0 Å². The van der Waals surface area contributed by atoms with Crippen LogP contribution in [0.1, 0.15) is 31.3 Å². The fourth-order valence-corrected chi connectivity index (χ4v) is 1.92. The zero-order chi connectivity index (χ0) is 12.3. The Balaban J connectivity index is 1.77. The first-order chi connectivity index (χ1) is 8.13. The Bertz CT molecular complexity index is 379. The molecule has 0 amide bonds. The molecule has 3 nitrogen and oxygen atoms in total. The average molecular weight is 234 g/mol. The van der Waals surface area contributed by atoms with Crippen LogP contribution in [-0.4, -0.2) is 24.5 Å². The van der Waals surface area contributed by atoms with Gasteiger partial charge in [0.05, 0.1) is 13.1 Å². The molecule has 3 heteroatoms. The van der Waals surface area contributed by atoms with Gasteiger partial charge in [0, 0.05) is 12.6 Å². The molecule has 0 unspecified atom stereocenters. The Kier molecular flexibility index (Phi) is 4.02. The third-order valence-electron chi connectivity index (χ3n) is 2.83. The Hall–Kier alpha value is -1.06. The second-order valence-corrected chi connectivity index (χ2v) is 5.15. The van der Waals surface area contributed by atoms with Crippen LogP contribution < -0.4 is 5.32 Å². The van der Waals surface area contributed by atoms with Crippen LogP contribution in [-0.2, 0) is 13.1 Å². The molecule has 0 saturated heterocycles. The maximum absolute atomic E-state index is 5.78. The van der Waals surface area contributed by atoms with Crippen molar-refractivity contribution >= 4 is 0 Å². The average Bonchev–Trinajstić information content (AvgIpc) is 2.96. The van der Waals surface area contributed by atoms with Gasteiger partial charge in [0.1, 0.15) is 11.5 Å². The van der Waals surface area contributed by atoms with E-state index in [4.69, 9.17) is 4.42 Å². The van der Waals surface area contributed by atoms with E-state index >= 15 is 0 Å². The highest BCUT2D eigenvalue weighted by atomic mass is 16.3. The number of hydrogen-bond donors (Lipinski definition) is 1. The van der Waals surface area contributed by atoms with E-state index in [1.165, 1.54) is 18.4 Å². The lowest BCUT2D eigenvalue weighted by Crippen LogP contribution is -2.19. The predicted molar refractivity (Wildman–Crippen MR) is 69.7 cm³/mol. The number of rotatable bonds is 7. The minimum Gasteiger partial charge on any atom is -0.463 e. The standard InChI is InChI=1S/C14H22N2O/c1-11(2)9-16(3)10-14-7-6-13(17-14)8-15-12-4-5-12/h6-7,12,15H,1,4-5,8-10H2,2-3H3. The summed E-state index contributed by atoms with van der Waals surface area (Å²) in [5.41, 5.74) is 1.18. The molecular weight excluding hydrogens is 212 g/mol. The zero-order valence-electron chi connectivity index (χ0n) is 10.8. The normalized spacial score (nSPS) is 15.5. The van der Waals surface area contributed by atoms with E-state index in [1.807, 2.05) is 6.92 Å². The van der Waals surface area contributed by atoms with E-state index in [2.05, 4.69) is 36.0 Å². The van der Waals surface area contributed by atoms with Crippen LogP contribution in [0.25, 0.3) is 0 Å². The molecule has 0 aliphatic heterocycles. The zero-order valence-corrected chi connectivity index (χ0v) is 10.8. The van der Waals surface area contributed by atoms with Gasteiger partial charge in [0.15, 0.2) is 0 Å². The van der Waals surface area contributed by atoms with Gasteiger partial charge in [-0.1, -0.05) is 12.2 Å². The fourth-order valence-electron chi connectivity index (χ4n) is 1.92. The fraction of sp³-hybridized carbons (Fsp3) is 0.571. The molecule has 1 saturated carbocycles. The Labute approximate surface area is 103 Å². The van der Waals surface area contributed by atoms with Gasteiger partial charge in [-0.05, 0) is 38.9 Å². The predicted octanol–water partition coefficient (Wildman–Crippen LogP) is 2.54. The van der Waals surface area contributed by atoms with Crippen LogP contribution in [0.4, 0.5) is 0 Å². The van der Waals surface area contributed by atoms with Gasteiger partial charge in [-0.2, -0.15) is 0 Å². The van der Waals surface area contributed by atoms with Crippen LogP contribution >= 0.6 is 0 Å². The van der Waals surface area contributed by atoms with Crippen molar-refractivity contribution in [2.75, 3.05) is 13.6 Å². The van der Waals surface area contributed by atoms with Crippen LogP contribution in [0, 0.1) is 0 Å². The van der Waals surface area contributed by atoms with Crippen molar-refractivity contribution in [2.24, 2.45) is 0 Å². The Morgan fingerprint density at radius 1 is 1.47 bits per heavy atom. The van der Waals surface area contributed by atoms with Crippen molar-refractivity contribution in [1.82, 2.24) is 10.2 Å². The van der Waals surface area contributed by atoms with Crippen LogP contribution in [0.15, 0.2) is 28.7 Å². The minimum absolute atomic E-state index is 0.731. The van der Waals surface area contributed by atoms with E-state index in [0.717, 1.165) is 37.2 Å². The third-order valence-corrected chi connectivity index (χ3v) is 2.83. The summed E-state index contributed by atoms with van der Waals surface area (Å²) in [5.74, 6) is 2.07. The van der Waals surface area contributed by atoms with E-state index in [9.17, 15) is 0 Å². The second-order valence-electron chi connectivity index (χ2n) is 5.15. The summed E-state index contributed by atoms with van der Waals surface area (Å²) in [4.78, 5) is 2.21. The minimum atomic E-state index is 0.731. The summed E-state index contributed by atoms with van der Waals surface area (Å²) in [6, 6.07) is 4.87. The van der Waals surface area contributed by atoms with E-state index in [0.29, 0.717) is 0 Å². The van der Waals surface area contributed by atoms with Gasteiger partial charge in [-0.3, -0.25) is 4.90 Å². The van der Waals surface area contributed by atoms with Gasteiger partial charge in [0.25, 0.3) is 0 Å². The molecule has 0 atom stereocenters. The summed E-state index contributed by atoms with van der Waals surface area (Å²) in [6.45, 7) is 8.57. The van der Waals surface area contributed by atoms with E-state index < -0.39 is 0 Å². The molecule has 17 heavy (non-hydrogen) atoms.